The van der Waals surface area contributed by atoms with Crippen molar-refractivity contribution in [3.8, 4) is 0 Å². The lowest BCUT2D eigenvalue weighted by Gasteiger charge is -2.34. The number of carbonyl (C=O) groups excluding carboxylic acids is 2. The van der Waals surface area contributed by atoms with Crippen LogP contribution in [0.1, 0.15) is 54.4 Å². The number of nitrogens with zero attached hydrogens (tertiary/aromatic N) is 5. The van der Waals surface area contributed by atoms with Gasteiger partial charge in [-0.05, 0) is 68.1 Å². The highest BCUT2D eigenvalue weighted by atomic mass is 16.2. The smallest absolute Gasteiger partial charge is 0.274 e. The van der Waals surface area contributed by atoms with E-state index in [-0.39, 0.29) is 11.8 Å². The molecule has 0 saturated carbocycles. The van der Waals surface area contributed by atoms with Gasteiger partial charge in [-0.3, -0.25) is 19.6 Å². The van der Waals surface area contributed by atoms with Crippen molar-refractivity contribution in [2.24, 2.45) is 11.8 Å². The molecule has 1 aromatic carbocycles. The van der Waals surface area contributed by atoms with Gasteiger partial charge in [0.15, 0.2) is 0 Å². The number of fused-ring (bicyclic) bond motifs is 1. The zero-order chi connectivity index (χ0) is 24.2. The van der Waals surface area contributed by atoms with Crippen LogP contribution in [0.3, 0.4) is 0 Å². The molecule has 0 unspecified atom stereocenters. The number of amides is 2. The fourth-order valence-corrected chi connectivity index (χ4v) is 5.71. The number of piperidine rings is 2. The minimum absolute atomic E-state index is 0.0170. The Morgan fingerprint density at radius 3 is 2.43 bits per heavy atom. The molecule has 0 radical (unpaired) electrons. The van der Waals surface area contributed by atoms with E-state index >= 15 is 0 Å². The van der Waals surface area contributed by atoms with Crippen molar-refractivity contribution in [1.29, 1.82) is 0 Å². The van der Waals surface area contributed by atoms with E-state index in [0.29, 0.717) is 24.0 Å². The average Bonchev–Trinajstić information content (AvgIpc) is 2.89. The highest BCUT2D eigenvalue weighted by Gasteiger charge is 2.29. The number of hydrogen-bond donors (Lipinski definition) is 0. The molecule has 5 rings (SSSR count). The second-order valence-electron chi connectivity index (χ2n) is 9.98. The van der Waals surface area contributed by atoms with Crippen LogP contribution in [0.5, 0.6) is 0 Å². The lowest BCUT2D eigenvalue weighted by Crippen LogP contribution is -2.42. The largest absolute Gasteiger partial charge is 0.343 e. The van der Waals surface area contributed by atoms with E-state index in [9.17, 15) is 9.59 Å². The molecular weight excluding hydrogens is 438 g/mol. The van der Waals surface area contributed by atoms with E-state index in [0.717, 1.165) is 69.5 Å². The zero-order valence-corrected chi connectivity index (χ0v) is 20.4. The van der Waals surface area contributed by atoms with Gasteiger partial charge in [0.1, 0.15) is 5.69 Å². The summed E-state index contributed by atoms with van der Waals surface area (Å²) in [4.78, 5) is 42.8. The fraction of sp³-hybridized carbons (Fsp3) is 0.464. The van der Waals surface area contributed by atoms with Gasteiger partial charge < -0.3 is 9.80 Å². The molecule has 7 nitrogen and oxygen atoms in total. The Bertz CT molecular complexity index is 1210. The predicted molar refractivity (Wildman–Crippen MR) is 135 cm³/mol. The van der Waals surface area contributed by atoms with Crippen LogP contribution >= 0.6 is 0 Å². The Morgan fingerprint density at radius 1 is 0.857 bits per heavy atom. The Morgan fingerprint density at radius 2 is 1.60 bits per heavy atom. The van der Waals surface area contributed by atoms with Crippen molar-refractivity contribution in [1.82, 2.24) is 24.8 Å². The van der Waals surface area contributed by atoms with Gasteiger partial charge in [-0.1, -0.05) is 18.2 Å². The second kappa shape index (κ2) is 10.5. The zero-order valence-electron chi connectivity index (χ0n) is 20.4. The molecule has 2 saturated heterocycles. The van der Waals surface area contributed by atoms with Crippen LogP contribution in [0.25, 0.3) is 10.9 Å². The summed E-state index contributed by atoms with van der Waals surface area (Å²) in [5.41, 5.74) is 3.55. The maximum absolute atomic E-state index is 13.6. The van der Waals surface area contributed by atoms with E-state index in [2.05, 4.69) is 33.2 Å². The first kappa shape index (κ1) is 23.4. The molecule has 2 aliphatic heterocycles. The number of aromatic nitrogens is 3. The summed E-state index contributed by atoms with van der Waals surface area (Å²) in [5.74, 6) is 0.814. The molecule has 0 aliphatic carbocycles. The molecule has 0 bridgehead atoms. The van der Waals surface area contributed by atoms with E-state index in [1.54, 1.807) is 19.3 Å². The van der Waals surface area contributed by atoms with Gasteiger partial charge in [0, 0.05) is 57.1 Å². The molecule has 2 aromatic heterocycles. The third-order valence-electron chi connectivity index (χ3n) is 7.47. The summed E-state index contributed by atoms with van der Waals surface area (Å²) in [7, 11) is 0. The van der Waals surface area contributed by atoms with Crippen LogP contribution in [0.2, 0.25) is 0 Å². The monoisotopic (exact) mass is 471 g/mol. The van der Waals surface area contributed by atoms with Gasteiger partial charge in [0.2, 0.25) is 5.91 Å². The Labute approximate surface area is 206 Å². The molecule has 182 valence electrons. The van der Waals surface area contributed by atoms with E-state index in [1.165, 1.54) is 10.9 Å². The number of likely N-dealkylation sites (tertiary alicyclic amines) is 2. The summed E-state index contributed by atoms with van der Waals surface area (Å²) in [6, 6.07) is 10.4. The number of pyridine rings is 1. The van der Waals surface area contributed by atoms with Gasteiger partial charge in [-0.2, -0.15) is 0 Å². The van der Waals surface area contributed by atoms with Gasteiger partial charge in [-0.15, -0.1) is 0 Å². The predicted octanol–water partition coefficient (Wildman–Crippen LogP) is 3.92. The third-order valence-corrected chi connectivity index (χ3v) is 7.47. The fourth-order valence-electron chi connectivity index (χ4n) is 5.71. The normalized spacial score (nSPS) is 20.7. The van der Waals surface area contributed by atoms with Gasteiger partial charge in [0.25, 0.3) is 5.91 Å². The molecule has 35 heavy (non-hydrogen) atoms. The number of benzene rings is 1. The first-order valence-corrected chi connectivity index (χ1v) is 12.8. The van der Waals surface area contributed by atoms with Crippen molar-refractivity contribution >= 4 is 22.7 Å². The molecule has 7 heteroatoms. The van der Waals surface area contributed by atoms with Gasteiger partial charge in [-0.25, -0.2) is 4.98 Å². The molecule has 2 atom stereocenters. The van der Waals surface area contributed by atoms with E-state index < -0.39 is 0 Å². The van der Waals surface area contributed by atoms with Crippen molar-refractivity contribution in [3.63, 3.8) is 0 Å². The molecular formula is C28H33N5O2. The third kappa shape index (κ3) is 5.34. The molecule has 4 heterocycles. The first-order valence-electron chi connectivity index (χ1n) is 12.8. The van der Waals surface area contributed by atoms with Crippen molar-refractivity contribution < 1.29 is 9.59 Å². The highest BCUT2D eigenvalue weighted by Crippen LogP contribution is 2.27. The summed E-state index contributed by atoms with van der Waals surface area (Å²) in [6.07, 6.45) is 10.9. The number of carbonyl (C=O) groups is 2. The number of rotatable bonds is 5. The Kier molecular flexibility index (Phi) is 7.02. The van der Waals surface area contributed by atoms with Crippen LogP contribution in [0.4, 0.5) is 0 Å². The molecule has 2 aliphatic rings. The first-order chi connectivity index (χ1) is 17.1. The minimum Gasteiger partial charge on any atom is -0.343 e. The topological polar surface area (TPSA) is 79.3 Å². The lowest BCUT2D eigenvalue weighted by atomic mass is 9.89. The van der Waals surface area contributed by atoms with Crippen molar-refractivity contribution in [2.75, 3.05) is 26.2 Å². The van der Waals surface area contributed by atoms with Crippen molar-refractivity contribution in [2.45, 2.75) is 45.4 Å². The Balaban J connectivity index is 1.28. The Hall–Kier alpha value is -3.35. The van der Waals surface area contributed by atoms with E-state index in [4.69, 9.17) is 0 Å². The van der Waals surface area contributed by atoms with Crippen LogP contribution in [-0.2, 0) is 17.6 Å². The minimum atomic E-state index is -0.0170. The lowest BCUT2D eigenvalue weighted by molar-refractivity contribution is -0.130. The second-order valence-corrected chi connectivity index (χ2v) is 9.98. The number of hydrogen-bond acceptors (Lipinski definition) is 5. The summed E-state index contributed by atoms with van der Waals surface area (Å²) < 4.78 is 0. The van der Waals surface area contributed by atoms with Gasteiger partial charge >= 0.3 is 0 Å². The van der Waals surface area contributed by atoms with Crippen LogP contribution in [0.15, 0.2) is 48.9 Å². The van der Waals surface area contributed by atoms with Crippen LogP contribution in [-0.4, -0.2) is 62.7 Å². The molecule has 0 spiro atoms. The molecule has 2 fully saturated rings. The van der Waals surface area contributed by atoms with Gasteiger partial charge in [0.05, 0.1) is 11.2 Å². The molecule has 3 aromatic rings. The standard InChI is InChI=1S/C28H33N5O2/c1-20(34)32-14-4-7-22(18-32)17-26-27(31-13-12-30-26)28(35)33-15-5-6-21(19-33)16-23-8-2-10-25-24(23)9-3-11-29-25/h2-3,8-13,21-22H,4-7,14-19H2,1H3/t21-,22+/m0/s1. The summed E-state index contributed by atoms with van der Waals surface area (Å²) in [5, 5.41) is 1.20. The van der Waals surface area contributed by atoms with Crippen LogP contribution < -0.4 is 0 Å². The molecule has 0 N–H and O–H groups in total. The molecule has 2 amide bonds. The quantitative estimate of drug-likeness (QED) is 0.564. The van der Waals surface area contributed by atoms with E-state index in [1.807, 2.05) is 28.1 Å². The summed E-state index contributed by atoms with van der Waals surface area (Å²) in [6.45, 7) is 4.66. The maximum Gasteiger partial charge on any atom is 0.274 e. The maximum atomic E-state index is 13.6. The van der Waals surface area contributed by atoms with Crippen molar-refractivity contribution in [3.05, 3.63) is 65.9 Å². The highest BCUT2D eigenvalue weighted by molar-refractivity contribution is 5.93. The summed E-state index contributed by atoms with van der Waals surface area (Å²) >= 11 is 0. The van der Waals surface area contributed by atoms with Crippen LogP contribution in [0, 0.1) is 11.8 Å². The average molecular weight is 472 g/mol. The SMILES string of the molecule is CC(=O)N1CCC[C@H](Cc2nccnc2C(=O)N2CCC[C@@H](Cc3cccc4ncccc34)C2)C1.